The van der Waals surface area contributed by atoms with Gasteiger partial charge in [-0.15, -0.1) is 0 Å². The highest BCUT2D eigenvalue weighted by atomic mass is 16.5. The van der Waals surface area contributed by atoms with Crippen LogP contribution in [0.1, 0.15) is 30.2 Å². The Morgan fingerprint density at radius 3 is 2.85 bits per heavy atom. The number of hydrogen-bond donors (Lipinski definition) is 0. The molecule has 3 aromatic rings. The minimum atomic E-state index is -0.0376. The van der Waals surface area contributed by atoms with Gasteiger partial charge < -0.3 is 14.1 Å². The number of aldehydes is 1. The van der Waals surface area contributed by atoms with Crippen LogP contribution in [-0.4, -0.2) is 17.5 Å². The van der Waals surface area contributed by atoms with Gasteiger partial charge in [0.1, 0.15) is 12.0 Å². The van der Waals surface area contributed by atoms with Crippen molar-refractivity contribution in [3.05, 3.63) is 63.6 Å². The van der Waals surface area contributed by atoms with Gasteiger partial charge in [-0.25, -0.2) is 0 Å². The van der Waals surface area contributed by atoms with Crippen molar-refractivity contribution in [2.24, 2.45) is 7.05 Å². The van der Waals surface area contributed by atoms with Crippen LogP contribution in [0, 0.1) is 0 Å². The molecule has 2 heterocycles. The van der Waals surface area contributed by atoms with Crippen LogP contribution >= 0.6 is 0 Å². The predicted octanol–water partition coefficient (Wildman–Crippen LogP) is 3.83. The van der Waals surface area contributed by atoms with E-state index in [4.69, 9.17) is 4.74 Å². The smallest absolute Gasteiger partial charge is 0.258 e. The summed E-state index contributed by atoms with van der Waals surface area (Å²) in [4.78, 5) is 24.4. The number of carbonyl (C=O) groups is 1. The number of aromatic nitrogens is 1. The Balaban J connectivity index is 2.09. The first-order valence-corrected chi connectivity index (χ1v) is 9.49. The molecule has 1 aliphatic heterocycles. The van der Waals surface area contributed by atoms with Crippen LogP contribution in [0.15, 0.2) is 41.2 Å². The maximum atomic E-state index is 13.0. The molecule has 0 spiro atoms. The summed E-state index contributed by atoms with van der Waals surface area (Å²) in [5.74, 6) is 0.935. The second kappa shape index (κ2) is 7.03. The highest BCUT2D eigenvalue weighted by Gasteiger charge is 2.19. The Morgan fingerprint density at radius 1 is 1.22 bits per heavy atom. The molecule has 0 bridgehead atoms. The first kappa shape index (κ1) is 17.5. The van der Waals surface area contributed by atoms with E-state index in [1.807, 2.05) is 30.3 Å². The fourth-order valence-electron chi connectivity index (χ4n) is 4.13. The van der Waals surface area contributed by atoms with Gasteiger partial charge in [-0.05, 0) is 53.5 Å². The Bertz CT molecular complexity index is 1090. The van der Waals surface area contributed by atoms with Crippen molar-refractivity contribution in [3.63, 3.8) is 0 Å². The van der Waals surface area contributed by atoms with Crippen LogP contribution in [0.4, 0.5) is 0 Å². The summed E-state index contributed by atoms with van der Waals surface area (Å²) in [5, 5.41) is 1.67. The van der Waals surface area contributed by atoms with Crippen molar-refractivity contribution in [3.8, 4) is 16.9 Å². The fraction of sp³-hybridized carbons (Fsp3) is 0.304. The van der Waals surface area contributed by atoms with Gasteiger partial charge in [0, 0.05) is 24.7 Å². The predicted molar refractivity (Wildman–Crippen MR) is 108 cm³/mol. The molecule has 4 rings (SSSR count). The van der Waals surface area contributed by atoms with Crippen molar-refractivity contribution in [2.75, 3.05) is 6.61 Å². The Labute approximate surface area is 158 Å². The molecule has 27 heavy (non-hydrogen) atoms. The minimum Gasteiger partial charge on any atom is -0.493 e. The van der Waals surface area contributed by atoms with Crippen LogP contribution in [0.5, 0.6) is 5.75 Å². The molecular formula is C23H23NO3. The topological polar surface area (TPSA) is 48.3 Å². The summed E-state index contributed by atoms with van der Waals surface area (Å²) in [6, 6.07) is 12.2. The van der Waals surface area contributed by atoms with Crippen molar-refractivity contribution in [1.82, 2.24) is 4.57 Å². The highest BCUT2D eigenvalue weighted by molar-refractivity contribution is 5.99. The molecule has 0 atom stereocenters. The average molecular weight is 361 g/mol. The lowest BCUT2D eigenvalue weighted by molar-refractivity contribution is -0.107. The number of aryl methyl sites for hydroxylation is 2. The first-order chi connectivity index (χ1) is 13.2. The molecule has 0 N–H and O–H groups in total. The molecule has 0 unspecified atom stereocenters. The van der Waals surface area contributed by atoms with E-state index < -0.39 is 0 Å². The van der Waals surface area contributed by atoms with Crippen molar-refractivity contribution in [2.45, 2.75) is 32.6 Å². The fourth-order valence-corrected chi connectivity index (χ4v) is 4.13. The Hall–Kier alpha value is -2.88. The van der Waals surface area contributed by atoms with Gasteiger partial charge >= 0.3 is 0 Å². The molecule has 4 nitrogen and oxygen atoms in total. The van der Waals surface area contributed by atoms with Gasteiger partial charge in [0.2, 0.25) is 0 Å². The third-order valence-corrected chi connectivity index (χ3v) is 5.49. The van der Waals surface area contributed by atoms with E-state index in [9.17, 15) is 9.59 Å². The number of ether oxygens (including phenoxy) is 1. The molecule has 0 saturated heterocycles. The number of fused-ring (bicyclic) bond motifs is 2. The zero-order chi connectivity index (χ0) is 19.0. The number of benzene rings is 2. The second-order valence-corrected chi connectivity index (χ2v) is 7.02. The van der Waals surface area contributed by atoms with E-state index in [-0.39, 0.29) is 12.0 Å². The van der Waals surface area contributed by atoms with Gasteiger partial charge in [-0.1, -0.05) is 31.2 Å². The van der Waals surface area contributed by atoms with Gasteiger partial charge in [0.05, 0.1) is 12.0 Å². The van der Waals surface area contributed by atoms with E-state index in [1.165, 1.54) is 5.56 Å². The van der Waals surface area contributed by atoms with E-state index in [2.05, 4.69) is 13.0 Å². The lowest BCUT2D eigenvalue weighted by atomic mass is 9.91. The minimum absolute atomic E-state index is 0.0376. The summed E-state index contributed by atoms with van der Waals surface area (Å²) >= 11 is 0. The molecule has 2 aromatic carbocycles. The Morgan fingerprint density at radius 2 is 2.07 bits per heavy atom. The quantitative estimate of drug-likeness (QED) is 0.664. The van der Waals surface area contributed by atoms with Crippen molar-refractivity contribution < 1.29 is 9.53 Å². The Kier molecular flexibility index (Phi) is 4.56. The maximum Gasteiger partial charge on any atom is 0.258 e. The van der Waals surface area contributed by atoms with E-state index in [0.717, 1.165) is 71.1 Å². The largest absolute Gasteiger partial charge is 0.493 e. The van der Waals surface area contributed by atoms with E-state index in [0.29, 0.717) is 0 Å². The molecule has 0 aliphatic carbocycles. The number of hydrogen-bond acceptors (Lipinski definition) is 3. The summed E-state index contributed by atoms with van der Waals surface area (Å²) in [6.07, 6.45) is 3.86. The number of carbonyl (C=O) groups excluding carboxylic acids is 1. The monoisotopic (exact) mass is 361 g/mol. The van der Waals surface area contributed by atoms with E-state index in [1.54, 1.807) is 11.6 Å². The van der Waals surface area contributed by atoms with Gasteiger partial charge in [-0.2, -0.15) is 0 Å². The van der Waals surface area contributed by atoms with Crippen molar-refractivity contribution >= 4 is 17.1 Å². The lowest BCUT2D eigenvalue weighted by Gasteiger charge is -2.21. The molecule has 4 heteroatoms. The summed E-state index contributed by atoms with van der Waals surface area (Å²) in [5.41, 5.74) is 4.95. The third-order valence-electron chi connectivity index (χ3n) is 5.49. The molecule has 0 fully saturated rings. The number of rotatable bonds is 4. The lowest BCUT2D eigenvalue weighted by Crippen LogP contribution is -2.23. The SMILES string of the molecule is CCc1cccc2c(-c3ccc4c(c3)CCCO4)c(CC=O)n(C)c(=O)c12. The van der Waals surface area contributed by atoms with Crippen LogP contribution in [0.2, 0.25) is 0 Å². The number of pyridine rings is 1. The maximum absolute atomic E-state index is 13.0. The third kappa shape index (κ3) is 2.85. The van der Waals surface area contributed by atoms with E-state index >= 15 is 0 Å². The van der Waals surface area contributed by atoms with Crippen LogP contribution in [-0.2, 0) is 31.1 Å². The summed E-state index contributed by atoms with van der Waals surface area (Å²) < 4.78 is 7.39. The molecular weight excluding hydrogens is 338 g/mol. The first-order valence-electron chi connectivity index (χ1n) is 9.49. The van der Waals surface area contributed by atoms with Gasteiger partial charge in [-0.3, -0.25) is 4.79 Å². The van der Waals surface area contributed by atoms with Crippen LogP contribution in [0.25, 0.3) is 21.9 Å². The average Bonchev–Trinajstić information content (AvgIpc) is 2.71. The highest BCUT2D eigenvalue weighted by Crippen LogP contribution is 2.36. The molecule has 1 aliphatic rings. The molecule has 0 saturated carbocycles. The van der Waals surface area contributed by atoms with Gasteiger partial charge in [0.15, 0.2) is 0 Å². The molecule has 0 amide bonds. The summed E-state index contributed by atoms with van der Waals surface area (Å²) in [6.45, 7) is 2.81. The molecule has 1 aromatic heterocycles. The van der Waals surface area contributed by atoms with Crippen molar-refractivity contribution in [1.29, 1.82) is 0 Å². The van der Waals surface area contributed by atoms with Crippen LogP contribution in [0.3, 0.4) is 0 Å². The second-order valence-electron chi connectivity index (χ2n) is 7.02. The zero-order valence-electron chi connectivity index (χ0n) is 15.7. The summed E-state index contributed by atoms with van der Waals surface area (Å²) in [7, 11) is 1.76. The normalized spacial score (nSPS) is 13.3. The molecule has 138 valence electrons. The zero-order valence-corrected chi connectivity index (χ0v) is 15.7. The van der Waals surface area contributed by atoms with Crippen LogP contribution < -0.4 is 10.3 Å². The number of nitrogens with zero attached hydrogens (tertiary/aromatic N) is 1. The molecule has 0 radical (unpaired) electrons. The standard InChI is InChI=1S/C23H23NO3/c1-3-15-6-4-8-18-21(19(11-12-25)24(2)23(26)22(15)18)17-9-10-20-16(14-17)7-5-13-27-20/h4,6,8-10,12,14H,3,5,7,11,13H2,1-2H3. The van der Waals surface area contributed by atoms with Gasteiger partial charge in [0.25, 0.3) is 5.56 Å².